The van der Waals surface area contributed by atoms with Gasteiger partial charge >= 0.3 is 0 Å². The van der Waals surface area contributed by atoms with Crippen LogP contribution in [-0.4, -0.2) is 33.0 Å². The van der Waals surface area contributed by atoms with Gasteiger partial charge in [-0.2, -0.15) is 0 Å². The van der Waals surface area contributed by atoms with Crippen molar-refractivity contribution in [3.8, 4) is 0 Å². The first-order chi connectivity index (χ1) is 15.8. The zero-order valence-corrected chi connectivity index (χ0v) is 20.0. The fraction of sp³-hybridized carbons (Fsp3) is 0.385. The number of aromatic nitrogens is 2. The minimum atomic E-state index is -1.04. The van der Waals surface area contributed by atoms with Crippen molar-refractivity contribution in [2.24, 2.45) is 11.1 Å². The van der Waals surface area contributed by atoms with Crippen LogP contribution >= 0.6 is 0 Å². The summed E-state index contributed by atoms with van der Waals surface area (Å²) in [6.45, 7) is 14.0. The molecule has 1 fully saturated rings. The van der Waals surface area contributed by atoms with Crippen LogP contribution in [0.25, 0.3) is 16.3 Å². The second-order valence-corrected chi connectivity index (χ2v) is 8.00. The van der Waals surface area contributed by atoms with E-state index in [9.17, 15) is 9.18 Å². The minimum absolute atomic E-state index is 0.277. The summed E-state index contributed by atoms with van der Waals surface area (Å²) in [4.78, 5) is 20.7. The highest BCUT2D eigenvalue weighted by Crippen LogP contribution is 2.34. The van der Waals surface area contributed by atoms with Crippen LogP contribution in [-0.2, 0) is 4.79 Å². The molecule has 1 aliphatic carbocycles. The topological polar surface area (TPSA) is 87.5 Å². The normalized spacial score (nSPS) is 18.4. The van der Waals surface area contributed by atoms with Crippen molar-refractivity contribution in [2.45, 2.75) is 60.1 Å². The number of nitrogens with zero attached hydrogens (tertiary/aromatic N) is 3. The van der Waals surface area contributed by atoms with Crippen LogP contribution in [0, 0.1) is 5.92 Å². The summed E-state index contributed by atoms with van der Waals surface area (Å²) >= 11 is 0. The molecule has 2 N–H and O–H groups in total. The van der Waals surface area contributed by atoms with Crippen molar-refractivity contribution < 1.29 is 14.4 Å². The Labute approximate surface area is 195 Å². The zero-order chi connectivity index (χ0) is 24.5. The van der Waals surface area contributed by atoms with E-state index in [2.05, 4.69) is 40.9 Å². The van der Waals surface area contributed by atoms with E-state index in [0.29, 0.717) is 23.5 Å². The smallest absolute Gasteiger partial charge is 0.231 e. The number of alkyl halides is 1. The third-order valence-electron chi connectivity index (χ3n) is 5.11. The van der Waals surface area contributed by atoms with E-state index in [4.69, 9.17) is 5.21 Å². The standard InChI is InChI=1S/C23H25FN4O2.C3H8/c1-5-17(13(3)7-14(4)20(6-2)28-30)21-8-15-12-26-22(9-16(15)11-25-21)27-23(29)18-10-19(18)24;1-3-2/h5,7-9,11-12,18-19,30H,4,6,10H2,1-3H3,(H,26,27,29);3H2,1-2H3/b13-7-,17-5+,28-20-;. The molecule has 0 bridgehead atoms. The van der Waals surface area contributed by atoms with Crippen LogP contribution in [0.15, 0.2) is 59.6 Å². The number of halogens is 1. The van der Waals surface area contributed by atoms with Crippen LogP contribution in [0.3, 0.4) is 0 Å². The van der Waals surface area contributed by atoms with Crippen molar-refractivity contribution in [2.75, 3.05) is 5.32 Å². The van der Waals surface area contributed by atoms with Crippen molar-refractivity contribution in [3.63, 3.8) is 0 Å². The number of carbonyl (C=O) groups is 1. The lowest BCUT2D eigenvalue weighted by molar-refractivity contribution is -0.117. The molecule has 0 aromatic carbocycles. The van der Waals surface area contributed by atoms with Crippen molar-refractivity contribution in [1.29, 1.82) is 0 Å². The first-order valence-corrected chi connectivity index (χ1v) is 11.3. The molecule has 0 radical (unpaired) electrons. The Morgan fingerprint density at radius 1 is 1.27 bits per heavy atom. The van der Waals surface area contributed by atoms with E-state index in [-0.39, 0.29) is 12.3 Å². The lowest BCUT2D eigenvalue weighted by Gasteiger charge is -2.11. The average Bonchev–Trinajstić information content (AvgIpc) is 3.52. The average molecular weight is 453 g/mol. The molecule has 2 atom stereocenters. The van der Waals surface area contributed by atoms with E-state index in [1.165, 1.54) is 6.42 Å². The van der Waals surface area contributed by atoms with Crippen LogP contribution in [0.2, 0.25) is 0 Å². The van der Waals surface area contributed by atoms with E-state index in [0.717, 1.165) is 27.6 Å². The first-order valence-electron chi connectivity index (χ1n) is 11.3. The number of rotatable bonds is 7. The lowest BCUT2D eigenvalue weighted by Crippen LogP contribution is -2.15. The van der Waals surface area contributed by atoms with Crippen molar-refractivity contribution in [3.05, 3.63) is 60.1 Å². The summed E-state index contributed by atoms with van der Waals surface area (Å²) in [5, 5.41) is 16.7. The van der Waals surface area contributed by atoms with Crippen LogP contribution in [0.4, 0.5) is 10.2 Å². The number of fused-ring (bicyclic) bond motifs is 1. The molecule has 1 aliphatic rings. The molecule has 2 aromatic heterocycles. The maximum Gasteiger partial charge on any atom is 0.231 e. The highest BCUT2D eigenvalue weighted by atomic mass is 19.1. The second-order valence-electron chi connectivity index (χ2n) is 8.00. The zero-order valence-electron chi connectivity index (χ0n) is 20.0. The number of nitrogens with one attached hydrogen (secondary N) is 1. The maximum atomic E-state index is 13.0. The van der Waals surface area contributed by atoms with Crippen LogP contribution in [0.1, 0.15) is 59.6 Å². The molecule has 7 heteroatoms. The Kier molecular flexibility index (Phi) is 9.45. The highest BCUT2D eigenvalue weighted by molar-refractivity contribution is 6.02. The fourth-order valence-electron chi connectivity index (χ4n) is 3.27. The second kappa shape index (κ2) is 12.0. The lowest BCUT2D eigenvalue weighted by atomic mass is 9.98. The van der Waals surface area contributed by atoms with Gasteiger partial charge in [0.25, 0.3) is 0 Å². The summed E-state index contributed by atoms with van der Waals surface area (Å²) in [7, 11) is 0. The Bertz CT molecular complexity index is 1100. The predicted octanol–water partition coefficient (Wildman–Crippen LogP) is 6.49. The highest BCUT2D eigenvalue weighted by Gasteiger charge is 2.43. The Hall–Kier alpha value is -3.35. The van der Waals surface area contributed by atoms with Gasteiger partial charge in [-0.3, -0.25) is 9.78 Å². The monoisotopic (exact) mass is 452 g/mol. The molecular weight excluding hydrogens is 419 g/mol. The Balaban J connectivity index is 0.00000122. The Morgan fingerprint density at radius 3 is 2.42 bits per heavy atom. The van der Waals surface area contributed by atoms with Gasteiger partial charge < -0.3 is 10.5 Å². The SMILES string of the molecule is C=C(/C=C(C)\C(=C/C)c1cc2cnc(NC(=O)C3CC3F)cc2cn1)/C(CC)=N\O.CCC. The summed E-state index contributed by atoms with van der Waals surface area (Å²) in [6, 6.07) is 3.65. The quantitative estimate of drug-likeness (QED) is 0.218. The van der Waals surface area contributed by atoms with Gasteiger partial charge in [0.2, 0.25) is 5.91 Å². The maximum absolute atomic E-state index is 13.0. The van der Waals surface area contributed by atoms with Crippen LogP contribution in [0.5, 0.6) is 0 Å². The molecule has 0 aliphatic heterocycles. The summed E-state index contributed by atoms with van der Waals surface area (Å²) in [5.41, 5.74) is 3.80. The number of carbonyl (C=O) groups excluding carboxylic acids is 1. The molecule has 2 heterocycles. The van der Waals surface area contributed by atoms with Gasteiger partial charge in [-0.25, -0.2) is 9.37 Å². The van der Waals surface area contributed by atoms with Gasteiger partial charge in [0.1, 0.15) is 12.0 Å². The molecule has 176 valence electrons. The molecule has 2 aromatic rings. The van der Waals surface area contributed by atoms with Crippen molar-refractivity contribution in [1.82, 2.24) is 9.97 Å². The molecule has 1 amide bonds. The van der Waals surface area contributed by atoms with Crippen molar-refractivity contribution >= 4 is 33.8 Å². The van der Waals surface area contributed by atoms with E-state index < -0.39 is 12.1 Å². The van der Waals surface area contributed by atoms with E-state index >= 15 is 0 Å². The third-order valence-corrected chi connectivity index (χ3v) is 5.11. The molecule has 0 saturated heterocycles. The molecule has 0 spiro atoms. The number of amides is 1. The van der Waals surface area contributed by atoms with E-state index in [1.54, 1.807) is 18.5 Å². The predicted molar refractivity (Wildman–Crippen MR) is 133 cm³/mol. The molecule has 2 unspecified atom stereocenters. The molecule has 1 saturated carbocycles. The number of hydrogen-bond donors (Lipinski definition) is 2. The van der Waals surface area contributed by atoms with Gasteiger partial charge in [-0.05, 0) is 55.5 Å². The number of hydrogen-bond acceptors (Lipinski definition) is 5. The van der Waals surface area contributed by atoms with Gasteiger partial charge in [-0.15, -0.1) is 0 Å². The molecule has 33 heavy (non-hydrogen) atoms. The number of pyridine rings is 2. The summed E-state index contributed by atoms with van der Waals surface area (Å²) in [5.74, 6) is -0.516. The molecule has 3 rings (SSSR count). The molecule has 6 nitrogen and oxygen atoms in total. The third kappa shape index (κ3) is 6.81. The van der Waals surface area contributed by atoms with Gasteiger partial charge in [0, 0.05) is 23.2 Å². The number of allylic oxidation sites excluding steroid dienone is 5. The Morgan fingerprint density at radius 2 is 1.88 bits per heavy atom. The van der Waals surface area contributed by atoms with Gasteiger partial charge in [0.05, 0.1) is 17.3 Å². The van der Waals surface area contributed by atoms with Gasteiger partial charge in [-0.1, -0.05) is 51.1 Å². The minimum Gasteiger partial charge on any atom is -0.411 e. The summed E-state index contributed by atoms with van der Waals surface area (Å²) in [6.07, 6.45) is 8.27. The number of oxime groups is 1. The first kappa shape index (κ1) is 25.9. The van der Waals surface area contributed by atoms with Crippen LogP contribution < -0.4 is 5.32 Å². The number of anilines is 1. The molecular formula is C26H33FN4O2. The summed E-state index contributed by atoms with van der Waals surface area (Å²) < 4.78 is 13.0. The largest absolute Gasteiger partial charge is 0.411 e. The van der Waals surface area contributed by atoms with Gasteiger partial charge in [0.15, 0.2) is 0 Å². The fourth-order valence-corrected chi connectivity index (χ4v) is 3.27. The van der Waals surface area contributed by atoms with E-state index in [1.807, 2.05) is 39.0 Å².